The van der Waals surface area contributed by atoms with E-state index in [1.165, 1.54) is 0 Å². The zero-order chi connectivity index (χ0) is 21.4. The first kappa shape index (κ1) is 20.7. The van der Waals surface area contributed by atoms with E-state index in [1.807, 2.05) is 19.9 Å². The van der Waals surface area contributed by atoms with Crippen LogP contribution in [0.4, 0.5) is 10.2 Å². The fourth-order valence-electron chi connectivity index (χ4n) is 4.48. The van der Waals surface area contributed by atoms with Crippen LogP contribution >= 0.6 is 0 Å². The third-order valence-electron chi connectivity index (χ3n) is 6.00. The van der Waals surface area contributed by atoms with Crippen molar-refractivity contribution < 1.29 is 8.91 Å². The van der Waals surface area contributed by atoms with Crippen molar-refractivity contribution in [3.8, 4) is 11.5 Å². The van der Waals surface area contributed by atoms with Crippen molar-refractivity contribution in [1.82, 2.24) is 20.4 Å². The fraction of sp³-hybridized carbons (Fsp3) is 0.522. The van der Waals surface area contributed by atoms with Gasteiger partial charge in [0.1, 0.15) is 17.2 Å². The molecule has 6 nitrogen and oxygen atoms in total. The summed E-state index contributed by atoms with van der Waals surface area (Å²) in [4.78, 5) is 11.6. The molecule has 1 fully saturated rings. The first-order valence-corrected chi connectivity index (χ1v) is 10.8. The number of aromatic nitrogens is 3. The second-order valence-electron chi connectivity index (χ2n) is 8.44. The van der Waals surface area contributed by atoms with E-state index in [9.17, 15) is 4.39 Å². The molecule has 1 saturated heterocycles. The van der Waals surface area contributed by atoms with E-state index in [-0.39, 0.29) is 11.9 Å². The average Bonchev–Trinajstić information content (AvgIpc) is 3.13. The minimum Gasteiger partial charge on any atom is -0.353 e. The predicted molar refractivity (Wildman–Crippen MR) is 117 cm³/mol. The summed E-state index contributed by atoms with van der Waals surface area (Å²) in [6, 6.07) is 4.26. The van der Waals surface area contributed by atoms with Gasteiger partial charge < -0.3 is 14.7 Å². The summed E-state index contributed by atoms with van der Waals surface area (Å²) >= 11 is 0. The normalized spacial score (nSPS) is 19.6. The molecule has 160 valence electrons. The molecule has 1 aliphatic rings. The summed E-state index contributed by atoms with van der Waals surface area (Å²) in [7, 11) is 0. The van der Waals surface area contributed by atoms with Crippen molar-refractivity contribution >= 4 is 16.7 Å². The van der Waals surface area contributed by atoms with Gasteiger partial charge in [-0.3, -0.25) is 0 Å². The maximum Gasteiger partial charge on any atom is 0.261 e. The number of piperidine rings is 1. The Morgan fingerprint density at radius 2 is 2.03 bits per heavy atom. The van der Waals surface area contributed by atoms with Crippen LogP contribution in [0, 0.1) is 26.6 Å². The molecule has 7 heteroatoms. The zero-order valence-corrected chi connectivity index (χ0v) is 18.4. The molecule has 2 aromatic heterocycles. The molecule has 2 unspecified atom stereocenters. The maximum absolute atomic E-state index is 14.9. The second kappa shape index (κ2) is 8.30. The molecule has 0 amide bonds. The highest BCUT2D eigenvalue weighted by atomic mass is 19.1. The Kier molecular flexibility index (Phi) is 5.73. The lowest BCUT2D eigenvalue weighted by atomic mass is 9.95. The molecule has 2 atom stereocenters. The smallest absolute Gasteiger partial charge is 0.261 e. The molecule has 0 radical (unpaired) electrons. The van der Waals surface area contributed by atoms with Crippen LogP contribution in [-0.4, -0.2) is 40.3 Å². The molecule has 30 heavy (non-hydrogen) atoms. The summed E-state index contributed by atoms with van der Waals surface area (Å²) < 4.78 is 20.4. The van der Waals surface area contributed by atoms with E-state index in [1.54, 1.807) is 13.0 Å². The average molecular weight is 412 g/mol. The molecule has 4 rings (SSSR count). The molecule has 0 aliphatic carbocycles. The number of hydrogen-bond acceptors (Lipinski definition) is 6. The lowest BCUT2D eigenvalue weighted by Crippen LogP contribution is -2.48. The van der Waals surface area contributed by atoms with E-state index < -0.39 is 0 Å². The number of benzene rings is 1. The maximum atomic E-state index is 14.9. The Balaban J connectivity index is 1.84. The second-order valence-corrected chi connectivity index (χ2v) is 8.44. The van der Waals surface area contributed by atoms with Gasteiger partial charge in [0.2, 0.25) is 0 Å². The van der Waals surface area contributed by atoms with Crippen LogP contribution in [0.25, 0.3) is 22.4 Å². The van der Waals surface area contributed by atoms with E-state index in [2.05, 4.69) is 34.2 Å². The van der Waals surface area contributed by atoms with Gasteiger partial charge in [-0.1, -0.05) is 12.1 Å². The molecule has 3 heterocycles. The summed E-state index contributed by atoms with van der Waals surface area (Å²) in [6.45, 7) is 11.9. The standard InChI is InChI=1S/C23H30FN5O/c1-6-8-25-17-7-9-29(14(3)12-17)22-20(23-26-16(5)28-30-23)15(4)18-10-13(2)11-19(24)21(18)27-22/h10-11,14,17,25H,6-9,12H2,1-5H3. The van der Waals surface area contributed by atoms with Crippen molar-refractivity contribution in [2.75, 3.05) is 18.0 Å². The third-order valence-corrected chi connectivity index (χ3v) is 6.00. The summed E-state index contributed by atoms with van der Waals surface area (Å²) in [5.41, 5.74) is 2.98. The highest BCUT2D eigenvalue weighted by molar-refractivity contribution is 5.93. The van der Waals surface area contributed by atoms with Gasteiger partial charge in [0, 0.05) is 24.0 Å². The fourth-order valence-corrected chi connectivity index (χ4v) is 4.48. The summed E-state index contributed by atoms with van der Waals surface area (Å²) in [5.74, 6) is 1.44. The number of nitrogens with one attached hydrogen (secondary N) is 1. The first-order valence-electron chi connectivity index (χ1n) is 10.8. The van der Waals surface area contributed by atoms with Crippen molar-refractivity contribution in [2.24, 2.45) is 0 Å². The predicted octanol–water partition coefficient (Wildman–Crippen LogP) is 4.71. The molecular weight excluding hydrogens is 381 g/mol. The third kappa shape index (κ3) is 3.78. The Labute approximate surface area is 176 Å². The highest BCUT2D eigenvalue weighted by Crippen LogP contribution is 2.39. The van der Waals surface area contributed by atoms with Gasteiger partial charge in [-0.2, -0.15) is 4.98 Å². The van der Waals surface area contributed by atoms with Crippen LogP contribution in [0.5, 0.6) is 0 Å². The quantitative estimate of drug-likeness (QED) is 0.656. The number of halogens is 1. The monoisotopic (exact) mass is 411 g/mol. The Bertz CT molecular complexity index is 1060. The van der Waals surface area contributed by atoms with Crippen molar-refractivity contribution in [3.63, 3.8) is 0 Å². The molecule has 1 N–H and O–H groups in total. The number of rotatable bonds is 5. The van der Waals surface area contributed by atoms with Gasteiger partial charge >= 0.3 is 0 Å². The van der Waals surface area contributed by atoms with E-state index in [0.29, 0.717) is 23.3 Å². The van der Waals surface area contributed by atoms with Crippen molar-refractivity contribution in [2.45, 2.75) is 66.0 Å². The SMILES string of the molecule is CCCNC1CCN(c2nc3c(F)cc(C)cc3c(C)c2-c2nc(C)no2)C(C)C1. The van der Waals surface area contributed by atoms with Crippen LogP contribution in [0.2, 0.25) is 0 Å². The lowest BCUT2D eigenvalue weighted by molar-refractivity contribution is 0.367. The van der Waals surface area contributed by atoms with Gasteiger partial charge in [0.25, 0.3) is 5.89 Å². The van der Waals surface area contributed by atoms with Crippen LogP contribution < -0.4 is 10.2 Å². The Morgan fingerprint density at radius 3 is 2.70 bits per heavy atom. The number of hydrogen-bond donors (Lipinski definition) is 1. The number of anilines is 1. The highest BCUT2D eigenvalue weighted by Gasteiger charge is 2.31. The Hall–Kier alpha value is -2.54. The number of fused-ring (bicyclic) bond motifs is 1. The first-order chi connectivity index (χ1) is 14.4. The number of pyridine rings is 1. The van der Waals surface area contributed by atoms with Crippen molar-refractivity contribution in [3.05, 3.63) is 34.9 Å². The van der Waals surface area contributed by atoms with Gasteiger partial charge in [-0.15, -0.1) is 0 Å². The molecule has 0 bridgehead atoms. The zero-order valence-electron chi connectivity index (χ0n) is 18.4. The molecule has 0 spiro atoms. The van der Waals surface area contributed by atoms with E-state index in [4.69, 9.17) is 9.51 Å². The minimum atomic E-state index is -0.297. The number of aryl methyl sites for hydroxylation is 3. The summed E-state index contributed by atoms with van der Waals surface area (Å²) in [6.07, 6.45) is 3.15. The van der Waals surface area contributed by atoms with Gasteiger partial charge in [-0.25, -0.2) is 9.37 Å². The number of nitrogens with zero attached hydrogens (tertiary/aromatic N) is 4. The lowest BCUT2D eigenvalue weighted by Gasteiger charge is -2.39. The Morgan fingerprint density at radius 1 is 1.23 bits per heavy atom. The van der Waals surface area contributed by atoms with Crippen LogP contribution in [0.15, 0.2) is 16.7 Å². The van der Waals surface area contributed by atoms with Gasteiger partial charge in [0.05, 0.1) is 5.56 Å². The molecule has 3 aromatic rings. The van der Waals surface area contributed by atoms with Crippen LogP contribution in [0.3, 0.4) is 0 Å². The summed E-state index contributed by atoms with van der Waals surface area (Å²) in [5, 5.41) is 8.40. The molecule has 1 aromatic carbocycles. The topological polar surface area (TPSA) is 67.1 Å². The van der Waals surface area contributed by atoms with E-state index >= 15 is 0 Å². The molecule has 0 saturated carbocycles. The van der Waals surface area contributed by atoms with E-state index in [0.717, 1.165) is 60.2 Å². The van der Waals surface area contributed by atoms with Crippen LogP contribution in [0.1, 0.15) is 50.1 Å². The molecule has 1 aliphatic heterocycles. The van der Waals surface area contributed by atoms with Gasteiger partial charge in [0.15, 0.2) is 5.82 Å². The van der Waals surface area contributed by atoms with Gasteiger partial charge in [-0.05, 0) is 76.8 Å². The molecular formula is C23H30FN5O. The van der Waals surface area contributed by atoms with Crippen LogP contribution in [-0.2, 0) is 0 Å². The minimum absolute atomic E-state index is 0.258. The van der Waals surface area contributed by atoms with Crippen molar-refractivity contribution in [1.29, 1.82) is 0 Å². The largest absolute Gasteiger partial charge is 0.353 e.